The summed E-state index contributed by atoms with van der Waals surface area (Å²) in [5, 5.41) is 1.24. The molecular weight excluding hydrogens is 414 g/mol. The van der Waals surface area contributed by atoms with Crippen LogP contribution >= 0.6 is 116 Å². The summed E-state index contributed by atoms with van der Waals surface area (Å²) in [6.07, 6.45) is 0. The predicted molar refractivity (Wildman–Crippen MR) is 101 cm³/mol. The van der Waals surface area contributed by atoms with Crippen LogP contribution in [0.5, 0.6) is 0 Å². The lowest BCUT2D eigenvalue weighted by Gasteiger charge is -2.06. The summed E-state index contributed by atoms with van der Waals surface area (Å²) < 4.78 is 7.85. The maximum Gasteiger partial charge on any atom is 0.283 e. The van der Waals surface area contributed by atoms with E-state index in [9.17, 15) is 0 Å². The lowest BCUT2D eigenvalue weighted by atomic mass is 9.72. The molecule has 18 heavy (non-hydrogen) atoms. The zero-order chi connectivity index (χ0) is 12.3. The number of fused-ring (bicyclic) bond motifs is 2. The Labute approximate surface area is 147 Å². The summed E-state index contributed by atoms with van der Waals surface area (Å²) in [7, 11) is 0. The van der Waals surface area contributed by atoms with E-state index in [2.05, 4.69) is 0 Å². The van der Waals surface area contributed by atoms with E-state index in [1.165, 1.54) is 16.8 Å². The molecular formula is C6B2S10. The lowest BCUT2D eigenvalue weighted by molar-refractivity contribution is 1.56. The fraction of sp³-hybridized carbons (Fsp3) is 0. The average molecular weight is 414 g/mol. The van der Waals surface area contributed by atoms with Gasteiger partial charge in [0.1, 0.15) is 6.28 Å². The van der Waals surface area contributed by atoms with Crippen LogP contribution in [0.2, 0.25) is 0 Å². The van der Waals surface area contributed by atoms with Crippen molar-refractivity contribution in [2.45, 2.75) is 16.8 Å². The number of rotatable bonds is 1. The Morgan fingerprint density at radius 1 is 0.556 bits per heavy atom. The minimum absolute atomic E-state index is 0.619. The molecule has 4 rings (SSSR count). The zero-order valence-corrected chi connectivity index (χ0v) is 16.4. The monoisotopic (exact) mass is 414 g/mol. The summed E-state index contributed by atoms with van der Waals surface area (Å²) in [5.41, 5.74) is 0. The highest BCUT2D eigenvalue weighted by Gasteiger charge is 2.44. The van der Waals surface area contributed by atoms with Gasteiger partial charge in [-0.05, 0) is 0 Å². The van der Waals surface area contributed by atoms with Crippen molar-refractivity contribution in [3.63, 3.8) is 0 Å². The highest BCUT2D eigenvalue weighted by Crippen LogP contribution is 2.60. The minimum Gasteiger partial charge on any atom is -0.155 e. The molecule has 0 N–H and O–H groups in total. The van der Waals surface area contributed by atoms with Gasteiger partial charge in [-0.15, -0.1) is 45.3 Å². The average Bonchev–Trinajstić information content (AvgIpc) is 2.94. The van der Waals surface area contributed by atoms with Gasteiger partial charge in [0.2, 0.25) is 0 Å². The van der Waals surface area contributed by atoms with Crippen LogP contribution in [0.25, 0.3) is 0 Å². The maximum absolute atomic E-state index is 5.24. The molecule has 0 spiro atoms. The highest BCUT2D eigenvalue weighted by atomic mass is 32.3. The summed E-state index contributed by atoms with van der Waals surface area (Å²) in [6, 6.07) is 0. The predicted octanol–water partition coefficient (Wildman–Crippen LogP) is 6.54. The van der Waals surface area contributed by atoms with Crippen LogP contribution in [0.3, 0.4) is 0 Å². The van der Waals surface area contributed by atoms with Gasteiger partial charge < -0.3 is 0 Å². The zero-order valence-electron chi connectivity index (χ0n) is 8.24. The Morgan fingerprint density at radius 3 is 1.11 bits per heavy atom. The first-order valence-electron chi connectivity index (χ1n) is 4.63. The summed E-state index contributed by atoms with van der Waals surface area (Å²) in [4.78, 5) is 0. The second-order valence-corrected chi connectivity index (χ2v) is 16.0. The van der Waals surface area contributed by atoms with Crippen molar-refractivity contribution >= 4 is 127 Å². The Morgan fingerprint density at radius 2 is 0.833 bits per heavy atom. The molecule has 0 unspecified atom stereocenters. The van der Waals surface area contributed by atoms with Crippen molar-refractivity contribution in [3.8, 4) is 0 Å². The van der Waals surface area contributed by atoms with Crippen molar-refractivity contribution < 1.29 is 0 Å². The second-order valence-electron chi connectivity index (χ2n) is 3.27. The Kier molecular flexibility index (Phi) is 4.09. The van der Waals surface area contributed by atoms with Crippen molar-refractivity contribution in [1.82, 2.24) is 0 Å². The van der Waals surface area contributed by atoms with Crippen molar-refractivity contribution in [2.75, 3.05) is 0 Å². The van der Waals surface area contributed by atoms with Gasteiger partial charge in [-0.25, -0.2) is 0 Å². The van der Waals surface area contributed by atoms with E-state index in [0.29, 0.717) is 10.3 Å². The molecule has 0 bridgehead atoms. The van der Waals surface area contributed by atoms with Gasteiger partial charge in [0.15, 0.2) is 0 Å². The fourth-order valence-corrected chi connectivity index (χ4v) is 16.5. The molecule has 12 heteroatoms. The lowest BCUT2D eigenvalue weighted by Crippen LogP contribution is -2.18. The molecule has 0 aliphatic carbocycles. The van der Waals surface area contributed by atoms with Gasteiger partial charge in [0.05, 0.1) is 16.8 Å². The molecule has 2 aromatic heterocycles. The van der Waals surface area contributed by atoms with Crippen LogP contribution in [0.4, 0.5) is 0 Å². The molecule has 0 radical (unpaired) electrons. The minimum atomic E-state index is 0.619. The van der Waals surface area contributed by atoms with Gasteiger partial charge in [-0.2, -0.15) is 46.5 Å². The fourth-order valence-electron chi connectivity index (χ4n) is 1.49. The summed E-state index contributed by atoms with van der Waals surface area (Å²) in [5.74, 6) is 0. The third-order valence-electron chi connectivity index (χ3n) is 2.15. The van der Waals surface area contributed by atoms with E-state index < -0.39 is 0 Å². The highest BCUT2D eigenvalue weighted by molar-refractivity contribution is 8.79. The summed E-state index contributed by atoms with van der Waals surface area (Å²) >= 11 is 25.6. The Balaban J connectivity index is 1.55. The smallest absolute Gasteiger partial charge is 0.155 e. The molecule has 0 nitrogen and oxygen atoms in total. The van der Waals surface area contributed by atoms with Crippen LogP contribution in [0.15, 0.2) is 16.8 Å². The Bertz CT molecular complexity index is 604. The molecule has 2 aromatic rings. The topological polar surface area (TPSA) is 0 Å². The first-order chi connectivity index (χ1) is 8.69. The SMILES string of the molecule is S=c1sc2c(s1)SB(B1Sc3sc(=S)sc3S1)S2. The molecule has 0 amide bonds. The maximum atomic E-state index is 5.24. The van der Waals surface area contributed by atoms with Gasteiger partial charge in [0.25, 0.3) is 10.3 Å². The van der Waals surface area contributed by atoms with Crippen LogP contribution < -0.4 is 0 Å². The molecule has 0 atom stereocenters. The van der Waals surface area contributed by atoms with Gasteiger partial charge in [0, 0.05) is 0 Å². The van der Waals surface area contributed by atoms with E-state index in [4.69, 9.17) is 24.4 Å². The number of hydrogen-bond acceptors (Lipinski definition) is 10. The van der Waals surface area contributed by atoms with Gasteiger partial charge in [-0.1, -0.05) is 24.4 Å². The van der Waals surface area contributed by atoms with Crippen LogP contribution in [0.1, 0.15) is 0 Å². The normalized spacial score (nSPS) is 17.3. The Hall–Kier alpha value is 2.07. The van der Waals surface area contributed by atoms with Gasteiger partial charge in [-0.3, -0.25) is 0 Å². The van der Waals surface area contributed by atoms with E-state index in [-0.39, 0.29) is 0 Å². The number of hydrogen-bond donors (Lipinski definition) is 0. The molecule has 0 saturated carbocycles. The second kappa shape index (κ2) is 5.36. The molecule has 0 fully saturated rings. The first kappa shape index (κ1) is 13.7. The summed E-state index contributed by atoms with van der Waals surface area (Å²) in [6.45, 7) is 0. The molecule has 2 aliphatic heterocycles. The van der Waals surface area contributed by atoms with Crippen LogP contribution in [-0.2, 0) is 0 Å². The molecule has 0 aromatic carbocycles. The van der Waals surface area contributed by atoms with Crippen LogP contribution in [-0.4, -0.2) is 10.3 Å². The molecule has 4 heterocycles. The third kappa shape index (κ3) is 2.48. The third-order valence-corrected chi connectivity index (χ3v) is 15.1. The van der Waals surface area contributed by atoms with E-state index in [1.807, 2.05) is 46.5 Å². The van der Waals surface area contributed by atoms with Crippen molar-refractivity contribution in [1.29, 1.82) is 0 Å². The largest absolute Gasteiger partial charge is 0.283 e. The van der Waals surface area contributed by atoms with E-state index in [0.717, 1.165) is 6.28 Å². The van der Waals surface area contributed by atoms with E-state index in [1.54, 1.807) is 45.3 Å². The van der Waals surface area contributed by atoms with E-state index >= 15 is 0 Å². The van der Waals surface area contributed by atoms with Crippen LogP contribution in [0, 0.1) is 6.28 Å². The molecule has 2 aliphatic rings. The quantitative estimate of drug-likeness (QED) is 0.381. The molecule has 90 valence electrons. The van der Waals surface area contributed by atoms with Crippen molar-refractivity contribution in [3.05, 3.63) is 6.28 Å². The molecule has 0 saturated heterocycles. The van der Waals surface area contributed by atoms with Gasteiger partial charge >= 0.3 is 0 Å². The standard InChI is InChI=1S/C6B2S10/c9-5-11-1-2(12-5)16-7(15-1)8-17-3-4(18-8)14-6(10)13-3. The van der Waals surface area contributed by atoms with Crippen molar-refractivity contribution in [2.24, 2.45) is 0 Å². The first-order valence-corrected chi connectivity index (χ1v) is 12.2.